The molecular formula is C26H23N5O3S. The Morgan fingerprint density at radius 3 is 2.60 bits per heavy atom. The molecular weight excluding hydrogens is 462 g/mol. The van der Waals surface area contributed by atoms with Crippen LogP contribution in [0.5, 0.6) is 0 Å². The average molecular weight is 486 g/mol. The second-order valence-corrected chi connectivity index (χ2v) is 8.53. The third kappa shape index (κ3) is 5.96. The fourth-order valence-corrected chi connectivity index (χ4v) is 4.14. The van der Waals surface area contributed by atoms with Crippen molar-refractivity contribution in [3.63, 3.8) is 0 Å². The summed E-state index contributed by atoms with van der Waals surface area (Å²) in [5.41, 5.74) is 3.39. The summed E-state index contributed by atoms with van der Waals surface area (Å²) in [6, 6.07) is 18.7. The second-order valence-electron chi connectivity index (χ2n) is 7.53. The first-order chi connectivity index (χ1) is 16.9. The molecule has 176 valence electrons. The molecule has 0 saturated carbocycles. The Labute approximate surface area is 206 Å². The van der Waals surface area contributed by atoms with E-state index < -0.39 is 5.97 Å². The van der Waals surface area contributed by atoms with E-state index in [1.807, 2.05) is 49.4 Å². The number of aromatic nitrogens is 3. The molecule has 2 N–H and O–H groups in total. The molecule has 1 amide bonds. The number of benzene rings is 2. The summed E-state index contributed by atoms with van der Waals surface area (Å²) in [6.07, 6.45) is 1.49. The molecule has 8 nitrogen and oxygen atoms in total. The van der Waals surface area contributed by atoms with Gasteiger partial charge in [0.2, 0.25) is 0 Å². The number of thiazole rings is 1. The highest BCUT2D eigenvalue weighted by Crippen LogP contribution is 2.25. The van der Waals surface area contributed by atoms with E-state index in [-0.39, 0.29) is 12.5 Å². The Bertz CT molecular complexity index is 1390. The van der Waals surface area contributed by atoms with Crippen LogP contribution in [-0.4, -0.2) is 33.4 Å². The van der Waals surface area contributed by atoms with Crippen molar-refractivity contribution >= 4 is 39.9 Å². The van der Waals surface area contributed by atoms with Crippen LogP contribution >= 0.6 is 11.3 Å². The number of nitrogens with zero attached hydrogens (tertiary/aromatic N) is 3. The van der Waals surface area contributed by atoms with Gasteiger partial charge in [-0.25, -0.2) is 19.7 Å². The molecule has 2 aromatic heterocycles. The van der Waals surface area contributed by atoms with Crippen LogP contribution in [0.25, 0.3) is 11.3 Å². The van der Waals surface area contributed by atoms with Crippen molar-refractivity contribution < 1.29 is 14.3 Å². The lowest BCUT2D eigenvalue weighted by Crippen LogP contribution is -2.12. The van der Waals surface area contributed by atoms with Gasteiger partial charge in [0.15, 0.2) is 5.13 Å². The van der Waals surface area contributed by atoms with E-state index in [4.69, 9.17) is 4.74 Å². The smallest absolute Gasteiger partial charge is 0.350 e. The fourth-order valence-electron chi connectivity index (χ4n) is 3.28. The maximum Gasteiger partial charge on any atom is 0.350 e. The molecule has 4 rings (SSSR count). The molecule has 2 heterocycles. The zero-order chi connectivity index (χ0) is 24.8. The zero-order valence-electron chi connectivity index (χ0n) is 19.2. The molecule has 0 aliphatic heterocycles. The highest BCUT2D eigenvalue weighted by Gasteiger charge is 2.18. The maximum atomic E-state index is 12.8. The minimum Gasteiger partial charge on any atom is -0.457 e. The van der Waals surface area contributed by atoms with Gasteiger partial charge in [0, 0.05) is 22.9 Å². The van der Waals surface area contributed by atoms with Crippen LogP contribution in [0.1, 0.15) is 31.5 Å². The molecule has 0 spiro atoms. The van der Waals surface area contributed by atoms with Crippen LogP contribution < -0.4 is 10.6 Å². The Morgan fingerprint density at radius 1 is 1.03 bits per heavy atom. The molecule has 35 heavy (non-hydrogen) atoms. The van der Waals surface area contributed by atoms with Gasteiger partial charge in [0.25, 0.3) is 5.91 Å². The summed E-state index contributed by atoms with van der Waals surface area (Å²) in [5.74, 6) is 0.398. The number of aryl methyl sites for hydroxylation is 2. The Kier molecular flexibility index (Phi) is 7.27. The number of amides is 1. The quantitative estimate of drug-likeness (QED) is 0.249. The van der Waals surface area contributed by atoms with Gasteiger partial charge in [-0.1, -0.05) is 60.4 Å². The van der Waals surface area contributed by atoms with Crippen LogP contribution in [0, 0.1) is 13.8 Å². The van der Waals surface area contributed by atoms with Crippen LogP contribution in [0.4, 0.5) is 16.6 Å². The van der Waals surface area contributed by atoms with Crippen molar-refractivity contribution in [2.75, 3.05) is 17.2 Å². The van der Waals surface area contributed by atoms with Gasteiger partial charge in [-0.2, -0.15) is 0 Å². The number of ether oxygens (including phenoxy) is 1. The van der Waals surface area contributed by atoms with E-state index in [1.54, 1.807) is 25.1 Å². The second kappa shape index (κ2) is 10.7. The van der Waals surface area contributed by atoms with E-state index in [9.17, 15) is 9.59 Å². The summed E-state index contributed by atoms with van der Waals surface area (Å²) in [6.45, 7) is 7.15. The molecule has 0 aliphatic carbocycles. The largest absolute Gasteiger partial charge is 0.457 e. The third-order valence-electron chi connectivity index (χ3n) is 4.84. The van der Waals surface area contributed by atoms with E-state index in [0.717, 1.165) is 22.6 Å². The van der Waals surface area contributed by atoms with Crippen LogP contribution in [0.2, 0.25) is 0 Å². The number of carbonyl (C=O) groups is 2. The average Bonchev–Trinajstić information content (AvgIpc) is 3.22. The molecule has 4 aromatic rings. The Morgan fingerprint density at radius 2 is 1.83 bits per heavy atom. The van der Waals surface area contributed by atoms with Gasteiger partial charge in [-0.05, 0) is 32.0 Å². The van der Waals surface area contributed by atoms with Crippen LogP contribution in [0.3, 0.4) is 0 Å². The van der Waals surface area contributed by atoms with E-state index >= 15 is 0 Å². The summed E-state index contributed by atoms with van der Waals surface area (Å²) >= 11 is 1.06. The number of carbonyl (C=O) groups excluding carboxylic acids is 2. The number of hydrogen-bond donors (Lipinski definition) is 2. The van der Waals surface area contributed by atoms with Crippen molar-refractivity contribution in [3.05, 3.63) is 95.3 Å². The molecule has 0 atom stereocenters. The standard InChI is InChI=1S/C26H23N5O3S/c1-4-13-34-25(33)23-16(2)27-26(35-23)31-24(32)19-11-8-12-20(14-19)30-22-15-21(28-17(3)29-22)18-9-6-5-7-10-18/h4-12,14-15H,1,13H2,2-3H3,(H,27,31,32)(H,28,29,30). The predicted molar refractivity (Wildman–Crippen MR) is 137 cm³/mol. The monoisotopic (exact) mass is 485 g/mol. The normalized spacial score (nSPS) is 10.5. The number of nitrogens with one attached hydrogen (secondary N) is 2. The molecule has 0 fully saturated rings. The molecule has 0 radical (unpaired) electrons. The molecule has 2 aromatic carbocycles. The third-order valence-corrected chi connectivity index (χ3v) is 5.89. The van der Waals surface area contributed by atoms with Gasteiger partial charge in [-0.3, -0.25) is 10.1 Å². The van der Waals surface area contributed by atoms with Gasteiger partial charge < -0.3 is 10.1 Å². The minimum absolute atomic E-state index is 0.107. The SMILES string of the molecule is C=CCOC(=O)c1sc(NC(=O)c2cccc(Nc3cc(-c4ccccc4)nc(C)n3)c2)nc1C. The zero-order valence-corrected chi connectivity index (χ0v) is 20.1. The fraction of sp³-hybridized carbons (Fsp3) is 0.115. The van der Waals surface area contributed by atoms with E-state index in [1.165, 1.54) is 6.08 Å². The van der Waals surface area contributed by atoms with Gasteiger partial charge in [0.05, 0.1) is 11.4 Å². The summed E-state index contributed by atoms with van der Waals surface area (Å²) in [5, 5.41) is 6.31. The highest BCUT2D eigenvalue weighted by atomic mass is 32.1. The maximum absolute atomic E-state index is 12.8. The Hall–Kier alpha value is -4.37. The summed E-state index contributed by atoms with van der Waals surface area (Å²) < 4.78 is 5.06. The number of hydrogen-bond acceptors (Lipinski definition) is 8. The lowest BCUT2D eigenvalue weighted by Gasteiger charge is -2.10. The molecule has 0 aliphatic rings. The van der Waals surface area contributed by atoms with Crippen molar-refractivity contribution in [1.29, 1.82) is 0 Å². The number of esters is 1. The Balaban J connectivity index is 1.49. The summed E-state index contributed by atoms with van der Waals surface area (Å²) in [7, 11) is 0. The minimum atomic E-state index is -0.499. The molecule has 9 heteroatoms. The summed E-state index contributed by atoms with van der Waals surface area (Å²) in [4.78, 5) is 38.6. The van der Waals surface area contributed by atoms with Crippen molar-refractivity contribution in [1.82, 2.24) is 15.0 Å². The van der Waals surface area contributed by atoms with Crippen molar-refractivity contribution in [3.8, 4) is 11.3 Å². The van der Waals surface area contributed by atoms with Gasteiger partial charge >= 0.3 is 5.97 Å². The lowest BCUT2D eigenvalue weighted by atomic mass is 10.1. The van der Waals surface area contributed by atoms with Crippen molar-refractivity contribution in [2.24, 2.45) is 0 Å². The predicted octanol–water partition coefficient (Wildman–Crippen LogP) is 5.56. The number of rotatable bonds is 8. The van der Waals surface area contributed by atoms with E-state index in [0.29, 0.717) is 38.6 Å². The van der Waals surface area contributed by atoms with Crippen molar-refractivity contribution in [2.45, 2.75) is 13.8 Å². The number of anilines is 3. The molecule has 0 bridgehead atoms. The lowest BCUT2D eigenvalue weighted by molar-refractivity contribution is 0.0554. The van der Waals surface area contributed by atoms with E-state index in [2.05, 4.69) is 32.2 Å². The van der Waals surface area contributed by atoms with Gasteiger partial charge in [-0.15, -0.1) is 0 Å². The molecule has 0 saturated heterocycles. The van der Waals surface area contributed by atoms with Crippen LogP contribution in [0.15, 0.2) is 73.3 Å². The highest BCUT2D eigenvalue weighted by molar-refractivity contribution is 7.17. The van der Waals surface area contributed by atoms with Crippen LogP contribution in [-0.2, 0) is 4.74 Å². The topological polar surface area (TPSA) is 106 Å². The first-order valence-electron chi connectivity index (χ1n) is 10.8. The first-order valence-corrected chi connectivity index (χ1v) is 11.6. The first kappa shape index (κ1) is 23.8. The van der Waals surface area contributed by atoms with Gasteiger partial charge in [0.1, 0.15) is 23.1 Å². The molecule has 0 unspecified atom stereocenters.